The van der Waals surface area contributed by atoms with Gasteiger partial charge in [0.1, 0.15) is 23.6 Å². The Hall–Kier alpha value is -3.41. The molecule has 0 spiro atoms. The number of hydrogen-bond donors (Lipinski definition) is 2. The van der Waals surface area contributed by atoms with E-state index >= 15 is 0 Å². The predicted octanol–water partition coefficient (Wildman–Crippen LogP) is 4.04. The molecule has 2 N–H and O–H groups in total. The molecule has 0 saturated carbocycles. The number of methoxy groups -OCH3 is 1. The number of para-hydroxylation sites is 1. The van der Waals surface area contributed by atoms with E-state index in [1.54, 1.807) is 13.2 Å². The summed E-state index contributed by atoms with van der Waals surface area (Å²) in [6, 6.07) is 16.8. The summed E-state index contributed by atoms with van der Waals surface area (Å²) in [5, 5.41) is 6.06. The van der Waals surface area contributed by atoms with Crippen LogP contribution in [0, 0.1) is 0 Å². The highest BCUT2D eigenvalue weighted by Crippen LogP contribution is 2.21. The van der Waals surface area contributed by atoms with Crippen molar-refractivity contribution in [3.8, 4) is 5.75 Å². The Morgan fingerprint density at radius 1 is 1.08 bits per heavy atom. The van der Waals surface area contributed by atoms with Crippen molar-refractivity contribution in [2.75, 3.05) is 17.7 Å². The summed E-state index contributed by atoms with van der Waals surface area (Å²) in [4.78, 5) is 20.8. The molecule has 0 aliphatic heterocycles. The molecule has 1 amide bonds. The number of rotatable bonds is 6. The minimum Gasteiger partial charge on any atom is -0.497 e. The molecule has 0 aliphatic carbocycles. The zero-order chi connectivity index (χ0) is 18.4. The van der Waals surface area contributed by atoms with Gasteiger partial charge in [0, 0.05) is 23.5 Å². The van der Waals surface area contributed by atoms with E-state index in [0.29, 0.717) is 5.82 Å². The van der Waals surface area contributed by atoms with Crippen LogP contribution in [0.5, 0.6) is 5.75 Å². The van der Waals surface area contributed by atoms with Crippen LogP contribution in [0.1, 0.15) is 23.0 Å². The first-order valence-electron chi connectivity index (χ1n) is 8.32. The maximum absolute atomic E-state index is 12.5. The maximum atomic E-state index is 12.5. The summed E-state index contributed by atoms with van der Waals surface area (Å²) in [6.07, 6.45) is 2.20. The summed E-state index contributed by atoms with van der Waals surface area (Å²) in [5.74, 6) is 0.988. The molecule has 0 radical (unpaired) electrons. The van der Waals surface area contributed by atoms with Crippen molar-refractivity contribution in [3.63, 3.8) is 0 Å². The third kappa shape index (κ3) is 4.16. The molecule has 0 fully saturated rings. The zero-order valence-electron chi connectivity index (χ0n) is 14.7. The predicted molar refractivity (Wildman–Crippen MR) is 102 cm³/mol. The van der Waals surface area contributed by atoms with E-state index in [2.05, 4.69) is 20.6 Å². The van der Waals surface area contributed by atoms with Crippen LogP contribution in [0.2, 0.25) is 0 Å². The van der Waals surface area contributed by atoms with Gasteiger partial charge < -0.3 is 15.4 Å². The molecule has 0 bridgehead atoms. The van der Waals surface area contributed by atoms with Crippen LogP contribution in [0.3, 0.4) is 0 Å². The molecule has 1 aromatic heterocycles. The molecule has 6 nitrogen and oxygen atoms in total. The number of carbonyl (C=O) groups is 1. The lowest BCUT2D eigenvalue weighted by Crippen LogP contribution is -2.15. The second kappa shape index (κ2) is 8.11. The Labute approximate surface area is 152 Å². The summed E-state index contributed by atoms with van der Waals surface area (Å²) >= 11 is 0. The fourth-order valence-corrected chi connectivity index (χ4v) is 2.54. The largest absolute Gasteiger partial charge is 0.497 e. The molecule has 26 heavy (non-hydrogen) atoms. The maximum Gasteiger partial charge on any atom is 0.274 e. The van der Waals surface area contributed by atoms with Crippen molar-refractivity contribution in [1.82, 2.24) is 9.97 Å². The molecule has 1 heterocycles. The number of benzene rings is 2. The summed E-state index contributed by atoms with van der Waals surface area (Å²) in [7, 11) is 1.61. The number of aromatic nitrogens is 2. The van der Waals surface area contributed by atoms with Gasteiger partial charge in [-0.15, -0.1) is 0 Å². The molecule has 3 aromatic rings. The number of aryl methyl sites for hydroxylation is 1. The van der Waals surface area contributed by atoms with Crippen LogP contribution in [0.25, 0.3) is 0 Å². The highest BCUT2D eigenvalue weighted by molar-refractivity contribution is 6.03. The SMILES string of the molecule is CCc1ccccc1NC(=O)c1cc(Nc2cccc(OC)c2)ncn1. The normalized spacial score (nSPS) is 10.2. The van der Waals surface area contributed by atoms with Gasteiger partial charge in [-0.2, -0.15) is 0 Å². The third-order valence-corrected chi connectivity index (χ3v) is 3.89. The average Bonchev–Trinajstić information content (AvgIpc) is 2.68. The molecule has 6 heteroatoms. The quantitative estimate of drug-likeness (QED) is 0.703. The van der Waals surface area contributed by atoms with Gasteiger partial charge >= 0.3 is 0 Å². The fraction of sp³-hybridized carbons (Fsp3) is 0.150. The van der Waals surface area contributed by atoms with Gasteiger partial charge in [0.05, 0.1) is 7.11 Å². The Morgan fingerprint density at radius 3 is 2.73 bits per heavy atom. The molecule has 0 atom stereocenters. The van der Waals surface area contributed by atoms with Crippen LogP contribution < -0.4 is 15.4 Å². The third-order valence-electron chi connectivity index (χ3n) is 3.89. The first kappa shape index (κ1) is 17.4. The number of nitrogens with one attached hydrogen (secondary N) is 2. The highest BCUT2D eigenvalue weighted by atomic mass is 16.5. The molecule has 0 saturated heterocycles. The number of carbonyl (C=O) groups excluding carboxylic acids is 1. The van der Waals surface area contributed by atoms with E-state index in [1.807, 2.05) is 55.5 Å². The summed E-state index contributed by atoms with van der Waals surface area (Å²) in [5.41, 5.74) is 2.97. The van der Waals surface area contributed by atoms with Gasteiger partial charge in [-0.3, -0.25) is 4.79 Å². The highest BCUT2D eigenvalue weighted by Gasteiger charge is 2.11. The minimum atomic E-state index is -0.276. The lowest BCUT2D eigenvalue weighted by atomic mass is 10.1. The Bertz CT molecular complexity index is 912. The van der Waals surface area contributed by atoms with Crippen molar-refractivity contribution >= 4 is 23.1 Å². The topological polar surface area (TPSA) is 76.1 Å². The van der Waals surface area contributed by atoms with E-state index in [1.165, 1.54) is 6.33 Å². The fourth-order valence-electron chi connectivity index (χ4n) is 2.54. The van der Waals surface area contributed by atoms with Crippen molar-refractivity contribution in [1.29, 1.82) is 0 Å². The lowest BCUT2D eigenvalue weighted by molar-refractivity contribution is 0.102. The summed E-state index contributed by atoms with van der Waals surface area (Å²) in [6.45, 7) is 2.05. The van der Waals surface area contributed by atoms with Gasteiger partial charge in [0.2, 0.25) is 0 Å². The zero-order valence-corrected chi connectivity index (χ0v) is 14.7. The molecule has 3 rings (SSSR count). The molecular formula is C20H20N4O2. The number of anilines is 3. The van der Waals surface area contributed by atoms with Crippen molar-refractivity contribution in [2.24, 2.45) is 0 Å². The summed E-state index contributed by atoms with van der Waals surface area (Å²) < 4.78 is 5.21. The van der Waals surface area contributed by atoms with E-state index in [-0.39, 0.29) is 11.6 Å². The second-order valence-electron chi connectivity index (χ2n) is 5.61. The van der Waals surface area contributed by atoms with Gasteiger partial charge in [0.15, 0.2) is 0 Å². The molecular weight excluding hydrogens is 328 g/mol. The first-order valence-corrected chi connectivity index (χ1v) is 8.32. The van der Waals surface area contributed by atoms with Crippen LogP contribution >= 0.6 is 0 Å². The molecule has 2 aromatic carbocycles. The Kier molecular flexibility index (Phi) is 5.43. The van der Waals surface area contributed by atoms with Gasteiger partial charge in [-0.05, 0) is 30.2 Å². The van der Waals surface area contributed by atoms with Crippen LogP contribution in [-0.4, -0.2) is 23.0 Å². The second-order valence-corrected chi connectivity index (χ2v) is 5.61. The van der Waals surface area contributed by atoms with E-state index in [9.17, 15) is 4.79 Å². The lowest BCUT2D eigenvalue weighted by Gasteiger charge is -2.10. The number of ether oxygens (including phenoxy) is 1. The molecule has 132 valence electrons. The van der Waals surface area contributed by atoms with E-state index in [0.717, 1.165) is 29.1 Å². The average molecular weight is 348 g/mol. The Balaban J connectivity index is 1.77. The van der Waals surface area contributed by atoms with Gasteiger partial charge in [-0.25, -0.2) is 9.97 Å². The Morgan fingerprint density at radius 2 is 1.92 bits per heavy atom. The minimum absolute atomic E-state index is 0.276. The van der Waals surface area contributed by atoms with Crippen LogP contribution in [-0.2, 0) is 6.42 Å². The van der Waals surface area contributed by atoms with Gasteiger partial charge in [0.25, 0.3) is 5.91 Å². The van der Waals surface area contributed by atoms with Gasteiger partial charge in [-0.1, -0.05) is 31.2 Å². The van der Waals surface area contributed by atoms with Crippen molar-refractivity contribution in [3.05, 3.63) is 72.2 Å². The first-order chi connectivity index (χ1) is 12.7. The number of amides is 1. The van der Waals surface area contributed by atoms with Crippen LogP contribution in [0.15, 0.2) is 60.9 Å². The van der Waals surface area contributed by atoms with Crippen LogP contribution in [0.4, 0.5) is 17.2 Å². The monoisotopic (exact) mass is 348 g/mol. The smallest absolute Gasteiger partial charge is 0.274 e. The standard InChI is InChI=1S/C20H20N4O2/c1-3-14-7-4-5-10-17(14)24-20(25)18-12-19(22-13-21-18)23-15-8-6-9-16(11-15)26-2/h4-13H,3H2,1-2H3,(H,24,25)(H,21,22,23). The van der Waals surface area contributed by atoms with E-state index in [4.69, 9.17) is 4.74 Å². The van der Waals surface area contributed by atoms with Crippen molar-refractivity contribution in [2.45, 2.75) is 13.3 Å². The number of hydrogen-bond acceptors (Lipinski definition) is 5. The molecule has 0 aliphatic rings. The number of nitrogens with zero attached hydrogens (tertiary/aromatic N) is 2. The van der Waals surface area contributed by atoms with Crippen molar-refractivity contribution < 1.29 is 9.53 Å². The van der Waals surface area contributed by atoms with E-state index < -0.39 is 0 Å². The molecule has 0 unspecified atom stereocenters.